The molecule has 2 aromatic carbocycles. The number of nitrogens with zero attached hydrogens (tertiary/aromatic N) is 1. The van der Waals surface area contributed by atoms with Crippen LogP contribution in [0.15, 0.2) is 46.9 Å². The van der Waals surface area contributed by atoms with E-state index in [1.165, 1.54) is 6.07 Å². The fourth-order valence-corrected chi connectivity index (χ4v) is 2.47. The zero-order valence-electron chi connectivity index (χ0n) is 11.5. The first-order valence-corrected chi connectivity index (χ1v) is 7.20. The van der Waals surface area contributed by atoms with Crippen molar-refractivity contribution in [2.24, 2.45) is 0 Å². The molecule has 0 amide bonds. The van der Waals surface area contributed by atoms with Crippen molar-refractivity contribution in [3.05, 3.63) is 69.4 Å². The van der Waals surface area contributed by atoms with E-state index in [2.05, 4.69) is 15.9 Å². The van der Waals surface area contributed by atoms with Crippen molar-refractivity contribution in [3.63, 3.8) is 0 Å². The number of hydrogen-bond donors (Lipinski definition) is 1. The zero-order valence-corrected chi connectivity index (χ0v) is 13.1. The van der Waals surface area contributed by atoms with E-state index in [-0.39, 0.29) is 11.4 Å². The van der Waals surface area contributed by atoms with Gasteiger partial charge in [-0.2, -0.15) is 0 Å². The molecule has 0 unspecified atom stereocenters. The summed E-state index contributed by atoms with van der Waals surface area (Å²) in [5, 5.41) is 8.86. The van der Waals surface area contributed by atoms with Gasteiger partial charge >= 0.3 is 5.97 Å². The molecule has 1 N–H and O–H groups in total. The minimum absolute atomic E-state index is 0.272. The Morgan fingerprint density at radius 1 is 1.19 bits per heavy atom. The minimum atomic E-state index is -0.932. The van der Waals surface area contributed by atoms with Crippen LogP contribution in [-0.4, -0.2) is 23.0 Å². The van der Waals surface area contributed by atoms with Gasteiger partial charge in [-0.15, -0.1) is 0 Å². The highest BCUT2D eigenvalue weighted by atomic mass is 79.9. The maximum atomic E-state index is 13.5. The fraction of sp³-hybridized carbons (Fsp3) is 0.188. The Morgan fingerprint density at radius 2 is 1.86 bits per heavy atom. The van der Waals surface area contributed by atoms with Crippen LogP contribution in [0.1, 0.15) is 21.5 Å². The Morgan fingerprint density at radius 3 is 2.48 bits per heavy atom. The molecule has 0 fully saturated rings. The largest absolute Gasteiger partial charge is 0.478 e. The molecule has 0 saturated carbocycles. The summed E-state index contributed by atoms with van der Waals surface area (Å²) in [5.41, 5.74) is 2.16. The highest BCUT2D eigenvalue weighted by molar-refractivity contribution is 9.10. The Balaban J connectivity index is 2.02. The molecule has 0 aliphatic carbocycles. The van der Waals surface area contributed by atoms with E-state index in [0.717, 1.165) is 11.1 Å². The number of carbonyl (C=O) groups is 1. The highest BCUT2D eigenvalue weighted by Crippen LogP contribution is 2.22. The van der Waals surface area contributed by atoms with Crippen molar-refractivity contribution in [2.45, 2.75) is 13.1 Å². The Bertz CT molecular complexity index is 643. The number of aromatic carboxylic acids is 1. The van der Waals surface area contributed by atoms with Crippen LogP contribution in [0, 0.1) is 5.82 Å². The predicted molar refractivity (Wildman–Crippen MR) is 82.7 cm³/mol. The summed E-state index contributed by atoms with van der Waals surface area (Å²) >= 11 is 3.25. The summed E-state index contributed by atoms with van der Waals surface area (Å²) in [6, 6.07) is 11.7. The third kappa shape index (κ3) is 4.12. The average Bonchev–Trinajstić information content (AvgIpc) is 2.44. The predicted octanol–water partition coefficient (Wildman–Crippen LogP) is 3.92. The zero-order chi connectivity index (χ0) is 15.4. The van der Waals surface area contributed by atoms with Gasteiger partial charge in [0.25, 0.3) is 0 Å². The molecule has 0 spiro atoms. The van der Waals surface area contributed by atoms with Crippen LogP contribution in [0.2, 0.25) is 0 Å². The van der Waals surface area contributed by atoms with Crippen LogP contribution in [0.5, 0.6) is 0 Å². The van der Waals surface area contributed by atoms with Crippen molar-refractivity contribution in [1.82, 2.24) is 4.90 Å². The average molecular weight is 352 g/mol. The molecule has 0 radical (unpaired) electrons. The van der Waals surface area contributed by atoms with Crippen molar-refractivity contribution < 1.29 is 14.3 Å². The Hall–Kier alpha value is -1.72. The molecule has 2 rings (SSSR count). The van der Waals surface area contributed by atoms with Gasteiger partial charge in [0.05, 0.1) is 10.0 Å². The highest BCUT2D eigenvalue weighted by Gasteiger charge is 2.09. The van der Waals surface area contributed by atoms with Crippen LogP contribution in [0.4, 0.5) is 4.39 Å². The van der Waals surface area contributed by atoms with E-state index >= 15 is 0 Å². The van der Waals surface area contributed by atoms with Gasteiger partial charge in [-0.25, -0.2) is 9.18 Å². The molecular weight excluding hydrogens is 337 g/mol. The van der Waals surface area contributed by atoms with E-state index < -0.39 is 5.97 Å². The first-order valence-electron chi connectivity index (χ1n) is 6.41. The third-order valence-corrected chi connectivity index (χ3v) is 4.01. The lowest BCUT2D eigenvalue weighted by molar-refractivity contribution is 0.0697. The maximum absolute atomic E-state index is 13.5. The van der Waals surface area contributed by atoms with Crippen LogP contribution in [0.3, 0.4) is 0 Å². The lowest BCUT2D eigenvalue weighted by Crippen LogP contribution is -2.17. The number of carboxylic acid groups (broad SMARTS) is 1. The quantitative estimate of drug-likeness (QED) is 0.887. The van der Waals surface area contributed by atoms with Crippen molar-refractivity contribution >= 4 is 21.9 Å². The number of benzene rings is 2. The minimum Gasteiger partial charge on any atom is -0.478 e. The maximum Gasteiger partial charge on any atom is 0.335 e. The number of hydrogen-bond acceptors (Lipinski definition) is 2. The molecule has 110 valence electrons. The van der Waals surface area contributed by atoms with E-state index in [4.69, 9.17) is 5.11 Å². The van der Waals surface area contributed by atoms with Gasteiger partial charge in [-0.3, -0.25) is 4.90 Å². The van der Waals surface area contributed by atoms with Gasteiger partial charge in [0.15, 0.2) is 0 Å². The van der Waals surface area contributed by atoms with Crippen molar-refractivity contribution in [1.29, 1.82) is 0 Å². The SMILES string of the molecule is CN(Cc1ccc(C(=O)O)cc1)Cc1cccc(F)c1Br. The lowest BCUT2D eigenvalue weighted by Gasteiger charge is -2.18. The summed E-state index contributed by atoms with van der Waals surface area (Å²) in [7, 11) is 1.93. The topological polar surface area (TPSA) is 40.5 Å². The van der Waals surface area contributed by atoms with Crippen LogP contribution in [-0.2, 0) is 13.1 Å². The second-order valence-electron chi connectivity index (χ2n) is 4.89. The normalized spacial score (nSPS) is 10.9. The molecule has 2 aromatic rings. The van der Waals surface area contributed by atoms with Crippen molar-refractivity contribution in [3.8, 4) is 0 Å². The van der Waals surface area contributed by atoms with E-state index in [0.29, 0.717) is 17.6 Å². The Kier molecular flexibility index (Phi) is 5.09. The second-order valence-corrected chi connectivity index (χ2v) is 5.68. The molecule has 5 heteroatoms. The molecule has 3 nitrogen and oxygen atoms in total. The molecular formula is C16H15BrFNO2. The van der Waals surface area contributed by atoms with Crippen LogP contribution >= 0.6 is 15.9 Å². The van der Waals surface area contributed by atoms with Crippen molar-refractivity contribution in [2.75, 3.05) is 7.05 Å². The van der Waals surface area contributed by atoms with Gasteiger partial charge in [-0.05, 0) is 52.3 Å². The molecule has 0 aliphatic rings. The third-order valence-electron chi connectivity index (χ3n) is 3.13. The molecule has 0 heterocycles. The summed E-state index contributed by atoms with van der Waals surface area (Å²) in [6.45, 7) is 1.25. The first-order chi connectivity index (χ1) is 9.97. The molecule has 0 aliphatic heterocycles. The standard InChI is InChI=1S/C16H15BrFNO2/c1-19(10-13-3-2-4-14(18)15(13)17)9-11-5-7-12(8-6-11)16(20)21/h2-8H,9-10H2,1H3,(H,20,21). The summed E-state index contributed by atoms with van der Waals surface area (Å²) in [6.07, 6.45) is 0. The van der Waals surface area contributed by atoms with E-state index in [1.807, 2.05) is 18.0 Å². The van der Waals surface area contributed by atoms with Gasteiger partial charge < -0.3 is 5.11 Å². The molecule has 21 heavy (non-hydrogen) atoms. The second kappa shape index (κ2) is 6.83. The Labute approximate surface area is 131 Å². The van der Waals surface area contributed by atoms with Gasteiger partial charge in [-0.1, -0.05) is 24.3 Å². The smallest absolute Gasteiger partial charge is 0.335 e. The van der Waals surface area contributed by atoms with Gasteiger partial charge in [0, 0.05) is 13.1 Å². The summed E-state index contributed by atoms with van der Waals surface area (Å²) in [4.78, 5) is 12.8. The summed E-state index contributed by atoms with van der Waals surface area (Å²) < 4.78 is 13.9. The first kappa shape index (κ1) is 15.7. The van der Waals surface area contributed by atoms with E-state index in [1.54, 1.807) is 30.3 Å². The van der Waals surface area contributed by atoms with Gasteiger partial charge in [0.1, 0.15) is 5.82 Å². The fourth-order valence-electron chi connectivity index (χ4n) is 2.08. The number of rotatable bonds is 5. The lowest BCUT2D eigenvalue weighted by atomic mass is 10.1. The molecule has 0 atom stereocenters. The number of carboxylic acids is 1. The summed E-state index contributed by atoms with van der Waals surface area (Å²) in [5.74, 6) is -1.20. The molecule has 0 aromatic heterocycles. The monoisotopic (exact) mass is 351 g/mol. The van der Waals surface area contributed by atoms with Crippen LogP contribution < -0.4 is 0 Å². The van der Waals surface area contributed by atoms with Crippen LogP contribution in [0.25, 0.3) is 0 Å². The van der Waals surface area contributed by atoms with Gasteiger partial charge in [0.2, 0.25) is 0 Å². The molecule has 0 bridgehead atoms. The number of halogens is 2. The van der Waals surface area contributed by atoms with E-state index in [9.17, 15) is 9.18 Å². The molecule has 0 saturated heterocycles.